The van der Waals surface area contributed by atoms with Crippen molar-refractivity contribution >= 4 is 49.3 Å². The highest BCUT2D eigenvalue weighted by atomic mass is 79.9. The predicted octanol–water partition coefficient (Wildman–Crippen LogP) is 4.14. The Morgan fingerprint density at radius 3 is 2.58 bits per heavy atom. The molecule has 0 aliphatic rings. The number of nitrogens with zero attached hydrogens (tertiary/aromatic N) is 2. The second-order valence-corrected chi connectivity index (χ2v) is 7.86. The summed E-state index contributed by atoms with van der Waals surface area (Å²) < 4.78 is 3.39. The van der Waals surface area contributed by atoms with Gasteiger partial charge in [-0.05, 0) is 65.5 Å². The zero-order valence-corrected chi connectivity index (χ0v) is 16.0. The molecule has 0 amide bonds. The van der Waals surface area contributed by atoms with Crippen molar-refractivity contribution < 1.29 is 0 Å². The molecule has 4 aromatic rings. The first-order chi connectivity index (χ1) is 11.5. The Balaban J connectivity index is 2.03. The van der Waals surface area contributed by atoms with Crippen molar-refractivity contribution in [1.29, 1.82) is 0 Å². The molecule has 0 atom stereocenters. The first-order valence-electron chi connectivity index (χ1n) is 7.65. The van der Waals surface area contributed by atoms with Crippen molar-refractivity contribution in [3.05, 3.63) is 71.9 Å². The smallest absolute Gasteiger partial charge is 0.267 e. The van der Waals surface area contributed by atoms with Crippen LogP contribution in [-0.2, 0) is 0 Å². The fraction of sp³-hybridized carbons (Fsp3) is 0.158. The molecule has 5 heteroatoms. The molecule has 0 N–H and O–H groups in total. The molecule has 0 aliphatic heterocycles. The van der Waals surface area contributed by atoms with E-state index in [9.17, 15) is 4.79 Å². The number of fused-ring (bicyclic) bond motifs is 3. The average Bonchev–Trinajstić information content (AvgIpc) is 3.05. The zero-order valence-electron chi connectivity index (χ0n) is 13.6. The van der Waals surface area contributed by atoms with Crippen LogP contribution in [0.3, 0.4) is 0 Å². The van der Waals surface area contributed by atoms with Gasteiger partial charge >= 0.3 is 0 Å². The molecule has 0 fully saturated rings. The third-order valence-corrected chi connectivity index (χ3v) is 6.29. The highest BCUT2D eigenvalue weighted by Crippen LogP contribution is 2.30. The lowest BCUT2D eigenvalue weighted by Gasteiger charge is -2.03. The van der Waals surface area contributed by atoms with Crippen LogP contribution in [0.15, 0.2) is 39.6 Å². The maximum absolute atomic E-state index is 12.9. The molecule has 0 aliphatic carbocycles. The van der Waals surface area contributed by atoms with Gasteiger partial charge in [0.05, 0.1) is 10.0 Å². The first kappa shape index (κ1) is 15.5. The second-order valence-electron chi connectivity index (χ2n) is 6.06. The minimum absolute atomic E-state index is 0.00627. The summed E-state index contributed by atoms with van der Waals surface area (Å²) >= 11 is 5.05. The second kappa shape index (κ2) is 5.53. The lowest BCUT2D eigenvalue weighted by atomic mass is 10.1. The quantitative estimate of drug-likeness (QED) is 0.482. The maximum Gasteiger partial charge on any atom is 0.274 e. The van der Waals surface area contributed by atoms with E-state index >= 15 is 0 Å². The van der Waals surface area contributed by atoms with E-state index in [1.807, 2.05) is 36.4 Å². The fourth-order valence-electron chi connectivity index (χ4n) is 2.79. The van der Waals surface area contributed by atoms with E-state index in [0.717, 1.165) is 37.2 Å². The lowest BCUT2D eigenvalue weighted by molar-refractivity contribution is 1.18. The molecule has 0 radical (unpaired) electrons. The van der Waals surface area contributed by atoms with Crippen LogP contribution in [0.5, 0.6) is 0 Å². The third kappa shape index (κ3) is 2.31. The molecule has 3 nitrogen and oxygen atoms in total. The molecule has 120 valence electrons. The van der Waals surface area contributed by atoms with E-state index in [1.54, 1.807) is 4.40 Å². The summed E-state index contributed by atoms with van der Waals surface area (Å²) in [5.41, 5.74) is 6.25. The van der Waals surface area contributed by atoms with Crippen LogP contribution in [-0.4, -0.2) is 9.38 Å². The maximum atomic E-state index is 12.9. The van der Waals surface area contributed by atoms with Gasteiger partial charge in [-0.2, -0.15) is 0 Å². The van der Waals surface area contributed by atoms with E-state index < -0.39 is 0 Å². The highest BCUT2D eigenvalue weighted by Gasteiger charge is 2.15. The Labute approximate surface area is 151 Å². The molecular weight excluding hydrogens is 384 g/mol. The van der Waals surface area contributed by atoms with Gasteiger partial charge in [0.1, 0.15) is 5.52 Å². The summed E-state index contributed by atoms with van der Waals surface area (Å²) in [4.78, 5) is 18.3. The molecule has 4 rings (SSSR count). The van der Waals surface area contributed by atoms with Crippen molar-refractivity contribution in [3.63, 3.8) is 0 Å². The molecule has 0 saturated carbocycles. The monoisotopic (exact) mass is 398 g/mol. The van der Waals surface area contributed by atoms with Gasteiger partial charge in [0.15, 0.2) is 4.96 Å². The molecular formula is C19H15BrN2OS. The number of halogens is 1. The summed E-state index contributed by atoms with van der Waals surface area (Å²) in [6, 6.07) is 10.2. The Morgan fingerprint density at radius 1 is 1.17 bits per heavy atom. The van der Waals surface area contributed by atoms with Gasteiger partial charge in [0, 0.05) is 4.47 Å². The Bertz CT molecular complexity index is 1200. The van der Waals surface area contributed by atoms with E-state index in [4.69, 9.17) is 0 Å². The summed E-state index contributed by atoms with van der Waals surface area (Å²) in [7, 11) is 0. The number of hydrogen-bond donors (Lipinski definition) is 0. The van der Waals surface area contributed by atoms with Crippen LogP contribution in [0, 0.1) is 20.8 Å². The molecule has 0 bridgehead atoms. The SMILES string of the molecule is Cc1ccc(/C=c2/sc3nc4c(Br)c(C)c(C)cc4n3c2=O)cc1. The third-order valence-electron chi connectivity index (χ3n) is 4.35. The summed E-state index contributed by atoms with van der Waals surface area (Å²) in [5, 5.41) is 0. The molecule has 0 spiro atoms. The average molecular weight is 399 g/mol. The minimum atomic E-state index is -0.00627. The summed E-state index contributed by atoms with van der Waals surface area (Å²) in [5.74, 6) is 0. The molecule has 0 unspecified atom stereocenters. The van der Waals surface area contributed by atoms with Crippen LogP contribution in [0.25, 0.3) is 22.1 Å². The number of imidazole rings is 1. The largest absolute Gasteiger partial charge is 0.274 e. The van der Waals surface area contributed by atoms with E-state index in [1.165, 1.54) is 16.9 Å². The van der Waals surface area contributed by atoms with E-state index in [-0.39, 0.29) is 5.56 Å². The normalized spacial score (nSPS) is 12.6. The van der Waals surface area contributed by atoms with Gasteiger partial charge in [-0.15, -0.1) is 0 Å². The summed E-state index contributed by atoms with van der Waals surface area (Å²) in [6.45, 7) is 6.16. The van der Waals surface area contributed by atoms with Crippen LogP contribution in [0.4, 0.5) is 0 Å². The van der Waals surface area contributed by atoms with Gasteiger partial charge < -0.3 is 0 Å². The van der Waals surface area contributed by atoms with Crippen molar-refractivity contribution in [3.8, 4) is 0 Å². The van der Waals surface area contributed by atoms with Crippen molar-refractivity contribution in [2.24, 2.45) is 0 Å². The molecule has 2 aromatic carbocycles. The van der Waals surface area contributed by atoms with Crippen LogP contribution >= 0.6 is 27.3 Å². The first-order valence-corrected chi connectivity index (χ1v) is 9.25. The minimum Gasteiger partial charge on any atom is -0.267 e. The summed E-state index contributed by atoms with van der Waals surface area (Å²) in [6.07, 6.45) is 1.93. The number of aryl methyl sites for hydroxylation is 2. The number of aromatic nitrogens is 2. The van der Waals surface area contributed by atoms with Gasteiger partial charge in [0.25, 0.3) is 5.56 Å². The Hall–Kier alpha value is -1.98. The van der Waals surface area contributed by atoms with Gasteiger partial charge in [-0.25, -0.2) is 9.38 Å². The number of hydrogen-bond acceptors (Lipinski definition) is 3. The molecule has 2 aromatic heterocycles. The number of benzene rings is 2. The topological polar surface area (TPSA) is 34.4 Å². The van der Waals surface area contributed by atoms with E-state index in [0.29, 0.717) is 4.53 Å². The lowest BCUT2D eigenvalue weighted by Crippen LogP contribution is -2.22. The fourth-order valence-corrected chi connectivity index (χ4v) is 4.38. The van der Waals surface area contributed by atoms with Crippen LogP contribution in [0.1, 0.15) is 22.3 Å². The van der Waals surface area contributed by atoms with E-state index in [2.05, 4.69) is 41.7 Å². The predicted molar refractivity (Wildman–Crippen MR) is 104 cm³/mol. The Kier molecular flexibility index (Phi) is 3.58. The molecule has 0 saturated heterocycles. The van der Waals surface area contributed by atoms with Crippen molar-refractivity contribution in [2.45, 2.75) is 20.8 Å². The van der Waals surface area contributed by atoms with Gasteiger partial charge in [0.2, 0.25) is 0 Å². The van der Waals surface area contributed by atoms with Crippen molar-refractivity contribution in [2.75, 3.05) is 0 Å². The highest BCUT2D eigenvalue weighted by molar-refractivity contribution is 9.10. The number of thiazole rings is 1. The standard InChI is InChI=1S/C19H15BrN2OS/c1-10-4-6-13(7-5-10)9-15-18(23)22-14-8-11(2)12(3)16(20)17(14)21-19(22)24-15/h4-9H,1-3H3/b15-9+. The van der Waals surface area contributed by atoms with Crippen LogP contribution < -0.4 is 10.1 Å². The van der Waals surface area contributed by atoms with Crippen molar-refractivity contribution in [1.82, 2.24) is 9.38 Å². The molecule has 2 heterocycles. The van der Waals surface area contributed by atoms with Gasteiger partial charge in [-0.3, -0.25) is 4.79 Å². The Morgan fingerprint density at radius 2 is 1.88 bits per heavy atom. The van der Waals surface area contributed by atoms with Crippen LogP contribution in [0.2, 0.25) is 0 Å². The molecule has 24 heavy (non-hydrogen) atoms. The van der Waals surface area contributed by atoms with Gasteiger partial charge in [-0.1, -0.05) is 41.2 Å². The zero-order chi connectivity index (χ0) is 17.0. The number of rotatable bonds is 1.